The minimum atomic E-state index is -1.09. The lowest BCUT2D eigenvalue weighted by atomic mass is 10.1. The van der Waals surface area contributed by atoms with Gasteiger partial charge in [-0.1, -0.05) is 24.3 Å². The summed E-state index contributed by atoms with van der Waals surface area (Å²) in [7, 11) is 2.88. The third-order valence-corrected chi connectivity index (χ3v) is 6.97. The van der Waals surface area contributed by atoms with Crippen LogP contribution in [0.5, 0.6) is 17.2 Å². The summed E-state index contributed by atoms with van der Waals surface area (Å²) in [5.41, 5.74) is 8.35. The molecule has 0 spiro atoms. The second-order valence-corrected chi connectivity index (χ2v) is 9.71. The number of ether oxygens (including phenoxy) is 3. The van der Waals surface area contributed by atoms with Gasteiger partial charge in [-0.3, -0.25) is 9.69 Å². The van der Waals surface area contributed by atoms with Gasteiger partial charge in [-0.15, -0.1) is 0 Å². The van der Waals surface area contributed by atoms with Crippen LogP contribution in [0.1, 0.15) is 27.9 Å². The first-order valence-corrected chi connectivity index (χ1v) is 13.0. The molecule has 0 radical (unpaired) electrons. The number of nitrogens with zero attached hydrogens (tertiary/aromatic N) is 2. The Morgan fingerprint density at radius 2 is 1.71 bits per heavy atom. The summed E-state index contributed by atoms with van der Waals surface area (Å²) >= 11 is 0. The summed E-state index contributed by atoms with van der Waals surface area (Å²) in [6, 6.07) is 15.6. The van der Waals surface area contributed by atoms with Gasteiger partial charge in [0.05, 0.1) is 49.7 Å². The van der Waals surface area contributed by atoms with Crippen LogP contribution in [-0.2, 0) is 11.2 Å². The lowest BCUT2D eigenvalue weighted by Crippen LogP contribution is -2.40. The van der Waals surface area contributed by atoms with E-state index in [0.29, 0.717) is 34.9 Å². The molecule has 216 valence electrons. The third-order valence-electron chi connectivity index (χ3n) is 6.97. The van der Waals surface area contributed by atoms with Crippen molar-refractivity contribution in [2.24, 2.45) is 5.73 Å². The molecule has 0 saturated carbocycles. The van der Waals surface area contributed by atoms with Gasteiger partial charge in [0.1, 0.15) is 12.4 Å². The number of hydrogen-bond donors (Lipinski definition) is 3. The van der Waals surface area contributed by atoms with E-state index in [2.05, 4.69) is 0 Å². The second kappa shape index (κ2) is 12.6. The summed E-state index contributed by atoms with van der Waals surface area (Å²) in [5.74, 6) is -0.351. The van der Waals surface area contributed by atoms with Crippen molar-refractivity contribution in [2.45, 2.75) is 31.9 Å². The molecule has 4 rings (SSSR count). The highest BCUT2D eigenvalue weighted by Crippen LogP contribution is 2.36. The molecule has 0 aliphatic carbocycles. The molecule has 0 bridgehead atoms. The minimum absolute atomic E-state index is 0.0252. The van der Waals surface area contributed by atoms with Gasteiger partial charge in [-0.05, 0) is 60.9 Å². The van der Waals surface area contributed by atoms with Crippen molar-refractivity contribution in [1.82, 2.24) is 4.90 Å². The zero-order chi connectivity index (χ0) is 29.7. The Morgan fingerprint density at radius 1 is 0.976 bits per heavy atom. The Hall–Kier alpha value is -4.77. The number of carboxylic acid groups (broad SMARTS) is 1. The zero-order valence-electron chi connectivity index (χ0n) is 23.1. The number of β-amino-alcohol motifs (C(OH)–C–C–N with tert-alkyl or cyclic N) is 1. The van der Waals surface area contributed by atoms with E-state index in [1.54, 1.807) is 29.2 Å². The number of aliphatic hydroxyl groups excluding tert-OH is 1. The van der Waals surface area contributed by atoms with Gasteiger partial charge in [0.15, 0.2) is 11.5 Å². The SMILES string of the molecule is COc1cc(C(=O)O)ccc1OCC1CC(O)CN1C(=O)Cc1ccc(N(C(N)=O)c2ccccc2C)c(OC)c1. The number of hydrogen-bond acceptors (Lipinski definition) is 7. The number of primary amides is 1. The van der Waals surface area contributed by atoms with Gasteiger partial charge in [-0.25, -0.2) is 9.59 Å². The monoisotopic (exact) mass is 563 g/mol. The number of carboxylic acids is 1. The quantitative estimate of drug-likeness (QED) is 0.339. The molecular formula is C30H33N3O8. The van der Waals surface area contributed by atoms with E-state index in [1.807, 2.05) is 25.1 Å². The van der Waals surface area contributed by atoms with E-state index in [9.17, 15) is 24.6 Å². The average molecular weight is 564 g/mol. The molecular weight excluding hydrogens is 530 g/mol. The summed E-state index contributed by atoms with van der Waals surface area (Å²) in [6.07, 6.45) is -0.357. The van der Waals surface area contributed by atoms with Gasteiger partial charge < -0.3 is 35.1 Å². The zero-order valence-corrected chi connectivity index (χ0v) is 23.1. The number of carbonyl (C=O) groups excluding carboxylic acids is 2. The highest BCUT2D eigenvalue weighted by atomic mass is 16.5. The van der Waals surface area contributed by atoms with Crippen LogP contribution in [0.25, 0.3) is 0 Å². The molecule has 41 heavy (non-hydrogen) atoms. The Kier molecular flexibility index (Phi) is 8.98. The number of urea groups is 1. The van der Waals surface area contributed by atoms with Crippen LogP contribution in [-0.4, -0.2) is 72.5 Å². The molecule has 3 amide bonds. The number of aliphatic hydroxyl groups is 1. The maximum absolute atomic E-state index is 13.4. The van der Waals surface area contributed by atoms with Crippen LogP contribution in [0.15, 0.2) is 60.7 Å². The molecule has 1 aliphatic rings. The van der Waals surface area contributed by atoms with Crippen molar-refractivity contribution in [2.75, 3.05) is 32.3 Å². The maximum atomic E-state index is 13.4. The molecule has 11 heteroatoms. The summed E-state index contributed by atoms with van der Waals surface area (Å²) in [6.45, 7) is 2.11. The van der Waals surface area contributed by atoms with Crippen LogP contribution in [0.4, 0.5) is 16.2 Å². The van der Waals surface area contributed by atoms with Crippen molar-refractivity contribution in [3.8, 4) is 17.2 Å². The fourth-order valence-electron chi connectivity index (χ4n) is 4.94. The first-order valence-electron chi connectivity index (χ1n) is 13.0. The van der Waals surface area contributed by atoms with E-state index in [4.69, 9.17) is 19.9 Å². The normalized spacial score (nSPS) is 16.2. The van der Waals surface area contributed by atoms with Crippen molar-refractivity contribution >= 4 is 29.3 Å². The molecule has 3 aromatic carbocycles. The van der Waals surface area contributed by atoms with Crippen LogP contribution >= 0.6 is 0 Å². The number of rotatable bonds is 10. The molecule has 1 fully saturated rings. The molecule has 1 saturated heterocycles. The van der Waals surface area contributed by atoms with Crippen molar-refractivity contribution in [3.63, 3.8) is 0 Å². The van der Waals surface area contributed by atoms with Gasteiger partial charge in [-0.2, -0.15) is 0 Å². The Labute approximate surface area is 237 Å². The number of aromatic carboxylic acids is 1. The molecule has 4 N–H and O–H groups in total. The molecule has 1 aliphatic heterocycles. The standard InChI is InChI=1S/C30H33N3O8/c1-18-6-4-5-7-23(18)33(30(31)38)24-10-8-19(12-26(24)39-2)13-28(35)32-16-22(34)15-21(32)17-41-25-11-9-20(29(36)37)14-27(25)40-3/h4-12,14,21-22,34H,13,15-17H2,1-3H3,(H2,31,38)(H,36,37). The molecule has 0 aromatic heterocycles. The number of carbonyl (C=O) groups is 3. The number of amides is 3. The Balaban J connectivity index is 1.50. The highest BCUT2D eigenvalue weighted by Gasteiger charge is 2.35. The van der Waals surface area contributed by atoms with E-state index in [-0.39, 0.29) is 36.8 Å². The molecule has 1 heterocycles. The predicted octanol–water partition coefficient (Wildman–Crippen LogP) is 3.51. The number of methoxy groups -OCH3 is 2. The predicted molar refractivity (Wildman–Crippen MR) is 151 cm³/mol. The van der Waals surface area contributed by atoms with E-state index < -0.39 is 24.1 Å². The van der Waals surface area contributed by atoms with Crippen LogP contribution < -0.4 is 24.8 Å². The smallest absolute Gasteiger partial charge is 0.335 e. The van der Waals surface area contributed by atoms with Crippen LogP contribution in [0, 0.1) is 6.92 Å². The topological polar surface area (TPSA) is 152 Å². The van der Waals surface area contributed by atoms with Gasteiger partial charge in [0, 0.05) is 6.54 Å². The number of nitrogens with two attached hydrogens (primary N) is 1. The number of para-hydroxylation sites is 1. The van der Waals surface area contributed by atoms with Crippen molar-refractivity contribution in [1.29, 1.82) is 0 Å². The number of anilines is 2. The fraction of sp³-hybridized carbons (Fsp3) is 0.300. The second-order valence-electron chi connectivity index (χ2n) is 9.71. The highest BCUT2D eigenvalue weighted by molar-refractivity contribution is 6.00. The first-order chi connectivity index (χ1) is 19.6. The van der Waals surface area contributed by atoms with Gasteiger partial charge >= 0.3 is 12.0 Å². The molecule has 2 unspecified atom stereocenters. The average Bonchev–Trinajstić information content (AvgIpc) is 3.33. The molecule has 11 nitrogen and oxygen atoms in total. The number of aryl methyl sites for hydroxylation is 1. The van der Waals surface area contributed by atoms with E-state index in [0.717, 1.165) is 5.56 Å². The Morgan fingerprint density at radius 3 is 2.37 bits per heavy atom. The summed E-state index contributed by atoms with van der Waals surface area (Å²) in [4.78, 5) is 40.0. The first kappa shape index (κ1) is 29.2. The van der Waals surface area contributed by atoms with Crippen LogP contribution in [0.2, 0.25) is 0 Å². The molecule has 2 atom stereocenters. The minimum Gasteiger partial charge on any atom is -0.495 e. The largest absolute Gasteiger partial charge is 0.495 e. The van der Waals surface area contributed by atoms with E-state index in [1.165, 1.54) is 37.3 Å². The maximum Gasteiger partial charge on any atom is 0.335 e. The number of benzene rings is 3. The van der Waals surface area contributed by atoms with Crippen molar-refractivity contribution in [3.05, 3.63) is 77.4 Å². The Bertz CT molecular complexity index is 1440. The summed E-state index contributed by atoms with van der Waals surface area (Å²) in [5, 5.41) is 19.5. The van der Waals surface area contributed by atoms with Gasteiger partial charge in [0.2, 0.25) is 5.91 Å². The lowest BCUT2D eigenvalue weighted by Gasteiger charge is -2.26. The van der Waals surface area contributed by atoms with Crippen molar-refractivity contribution < 1.29 is 38.8 Å². The van der Waals surface area contributed by atoms with E-state index >= 15 is 0 Å². The third kappa shape index (κ3) is 6.52. The number of likely N-dealkylation sites (tertiary alicyclic amines) is 1. The van der Waals surface area contributed by atoms with Crippen LogP contribution in [0.3, 0.4) is 0 Å². The fourth-order valence-corrected chi connectivity index (χ4v) is 4.94. The lowest BCUT2D eigenvalue weighted by molar-refractivity contribution is -0.132. The van der Waals surface area contributed by atoms with Gasteiger partial charge in [0.25, 0.3) is 0 Å². The summed E-state index contributed by atoms with van der Waals surface area (Å²) < 4.78 is 16.7. The molecule has 3 aromatic rings.